The molecule has 0 saturated carbocycles. The van der Waals surface area contributed by atoms with Crippen molar-refractivity contribution in [2.45, 2.75) is 57.5 Å². The summed E-state index contributed by atoms with van der Waals surface area (Å²) in [6.07, 6.45) is 2.37. The summed E-state index contributed by atoms with van der Waals surface area (Å²) in [6, 6.07) is 3.52. The van der Waals surface area contributed by atoms with Gasteiger partial charge in [-0.05, 0) is 45.7 Å². The summed E-state index contributed by atoms with van der Waals surface area (Å²) in [4.78, 5) is 0. The van der Waals surface area contributed by atoms with Gasteiger partial charge in [-0.25, -0.2) is 0 Å². The second-order valence-corrected chi connectivity index (χ2v) is 6.25. The fraction of sp³-hybridized carbons (Fsp3) is 0.625. The highest BCUT2D eigenvalue weighted by Crippen LogP contribution is 2.47. The summed E-state index contributed by atoms with van der Waals surface area (Å²) in [6.45, 7) is 5.97. The minimum Gasteiger partial charge on any atom is -0.508 e. The van der Waals surface area contributed by atoms with Crippen LogP contribution in [0.2, 0.25) is 0 Å². The van der Waals surface area contributed by atoms with Gasteiger partial charge in [0.15, 0.2) is 5.79 Å². The molecule has 2 atom stereocenters. The summed E-state index contributed by atoms with van der Waals surface area (Å²) >= 11 is 0. The van der Waals surface area contributed by atoms with E-state index in [0.29, 0.717) is 12.2 Å². The molecule has 1 aliphatic heterocycles. The molecule has 1 heterocycles. The van der Waals surface area contributed by atoms with Gasteiger partial charge < -0.3 is 19.3 Å². The number of phenols is 1. The van der Waals surface area contributed by atoms with Crippen LogP contribution in [0.25, 0.3) is 0 Å². The lowest BCUT2D eigenvalue weighted by Gasteiger charge is -2.37. The van der Waals surface area contributed by atoms with Crippen LogP contribution >= 0.6 is 0 Å². The maximum atomic E-state index is 10.0. The Labute approximate surface area is 119 Å². The van der Waals surface area contributed by atoms with Crippen LogP contribution in [0, 0.1) is 0 Å². The Hall–Kier alpha value is -1.26. The van der Waals surface area contributed by atoms with Gasteiger partial charge in [0.2, 0.25) is 0 Å². The van der Waals surface area contributed by atoms with Crippen molar-refractivity contribution >= 4 is 0 Å². The van der Waals surface area contributed by atoms with Crippen LogP contribution in [0.3, 0.4) is 0 Å². The fourth-order valence-corrected chi connectivity index (χ4v) is 3.61. The maximum absolute atomic E-state index is 10.0. The Kier molecular flexibility index (Phi) is 2.99. The molecule has 1 saturated heterocycles. The van der Waals surface area contributed by atoms with Crippen LogP contribution < -0.4 is 4.74 Å². The average molecular weight is 278 g/mol. The predicted molar refractivity (Wildman–Crippen MR) is 75.1 cm³/mol. The predicted octanol–water partition coefficient (Wildman–Crippen LogP) is 2.80. The number of phenolic OH excluding ortho intramolecular Hbond substituents is 1. The van der Waals surface area contributed by atoms with Crippen molar-refractivity contribution in [3.63, 3.8) is 0 Å². The molecule has 0 radical (unpaired) electrons. The third kappa shape index (κ3) is 1.98. The summed E-state index contributed by atoms with van der Waals surface area (Å²) in [5, 5.41) is 10.0. The largest absolute Gasteiger partial charge is 0.508 e. The summed E-state index contributed by atoms with van der Waals surface area (Å²) in [5.74, 6) is 0.611. The second kappa shape index (κ2) is 4.37. The van der Waals surface area contributed by atoms with Crippen LogP contribution in [-0.4, -0.2) is 29.7 Å². The number of methoxy groups -OCH3 is 1. The Balaban J connectivity index is 2.02. The van der Waals surface area contributed by atoms with Crippen LogP contribution in [0.5, 0.6) is 11.5 Å². The van der Waals surface area contributed by atoms with Gasteiger partial charge >= 0.3 is 0 Å². The molecule has 1 fully saturated rings. The minimum atomic E-state index is -0.555. The van der Waals surface area contributed by atoms with Gasteiger partial charge in [0, 0.05) is 17.5 Å². The highest BCUT2D eigenvalue weighted by atomic mass is 16.8. The van der Waals surface area contributed by atoms with Crippen molar-refractivity contribution in [1.82, 2.24) is 0 Å². The SMILES string of the molecule is COc1ccc(O)c2c1C[C@@]1(CC2)OC(C)(C)O[C@H]1C. The van der Waals surface area contributed by atoms with E-state index in [9.17, 15) is 5.11 Å². The number of ether oxygens (including phenoxy) is 3. The molecule has 1 N–H and O–H groups in total. The normalized spacial score (nSPS) is 31.3. The number of rotatable bonds is 1. The van der Waals surface area contributed by atoms with Gasteiger partial charge in [0.25, 0.3) is 0 Å². The first-order valence-corrected chi connectivity index (χ1v) is 7.12. The van der Waals surface area contributed by atoms with E-state index in [2.05, 4.69) is 6.92 Å². The van der Waals surface area contributed by atoms with E-state index >= 15 is 0 Å². The standard InChI is InChI=1S/C16H22O4/c1-10-16(20-15(2,3)19-10)8-7-11-12(9-16)14(18-4)6-5-13(11)17/h5-6,10,17H,7-9H2,1-4H3/t10-,16+/m0/s1. The number of benzene rings is 1. The van der Waals surface area contributed by atoms with E-state index in [1.54, 1.807) is 13.2 Å². The number of aromatic hydroxyl groups is 1. The molecule has 4 nitrogen and oxygen atoms in total. The van der Waals surface area contributed by atoms with Crippen LogP contribution in [0.1, 0.15) is 38.3 Å². The number of hydrogen-bond acceptors (Lipinski definition) is 4. The molecule has 2 aliphatic rings. The molecule has 1 aliphatic carbocycles. The van der Waals surface area contributed by atoms with Crippen molar-refractivity contribution in [1.29, 1.82) is 0 Å². The van der Waals surface area contributed by atoms with Gasteiger partial charge in [-0.2, -0.15) is 0 Å². The van der Waals surface area contributed by atoms with Crippen molar-refractivity contribution < 1.29 is 19.3 Å². The first-order chi connectivity index (χ1) is 9.37. The van der Waals surface area contributed by atoms with Gasteiger partial charge in [-0.3, -0.25) is 0 Å². The highest BCUT2D eigenvalue weighted by molar-refractivity contribution is 5.50. The summed E-state index contributed by atoms with van der Waals surface area (Å²) < 4.78 is 17.6. The van der Waals surface area contributed by atoms with E-state index in [4.69, 9.17) is 14.2 Å². The van der Waals surface area contributed by atoms with E-state index in [-0.39, 0.29) is 11.7 Å². The van der Waals surface area contributed by atoms with E-state index in [0.717, 1.165) is 29.7 Å². The van der Waals surface area contributed by atoms with Gasteiger partial charge in [0.1, 0.15) is 17.1 Å². The minimum absolute atomic E-state index is 0.0257. The molecule has 1 aromatic carbocycles. The molecule has 0 amide bonds. The second-order valence-electron chi connectivity index (χ2n) is 6.25. The molecule has 1 spiro atoms. The maximum Gasteiger partial charge on any atom is 0.164 e. The Morgan fingerprint density at radius 3 is 2.65 bits per heavy atom. The molecule has 3 rings (SSSR count). The van der Waals surface area contributed by atoms with Gasteiger partial charge in [-0.1, -0.05) is 0 Å². The van der Waals surface area contributed by atoms with Gasteiger partial charge in [0.05, 0.1) is 13.2 Å². The van der Waals surface area contributed by atoms with E-state index in [1.165, 1.54) is 0 Å². The van der Waals surface area contributed by atoms with Crippen molar-refractivity contribution in [2.75, 3.05) is 7.11 Å². The highest BCUT2D eigenvalue weighted by Gasteiger charge is 2.52. The van der Waals surface area contributed by atoms with Crippen LogP contribution in [-0.2, 0) is 22.3 Å². The van der Waals surface area contributed by atoms with Crippen molar-refractivity contribution in [3.05, 3.63) is 23.3 Å². The molecule has 4 heteroatoms. The average Bonchev–Trinajstić information content (AvgIpc) is 2.59. The van der Waals surface area contributed by atoms with Crippen LogP contribution in [0.15, 0.2) is 12.1 Å². The molecule has 0 bridgehead atoms. The Morgan fingerprint density at radius 2 is 2.05 bits per heavy atom. The molecular formula is C16H22O4. The Bertz CT molecular complexity index is 538. The smallest absolute Gasteiger partial charge is 0.164 e. The zero-order valence-corrected chi connectivity index (χ0v) is 12.5. The van der Waals surface area contributed by atoms with Gasteiger partial charge in [-0.15, -0.1) is 0 Å². The van der Waals surface area contributed by atoms with Crippen molar-refractivity contribution in [3.8, 4) is 11.5 Å². The third-order valence-electron chi connectivity index (χ3n) is 4.51. The lowest BCUT2D eigenvalue weighted by Crippen LogP contribution is -2.44. The molecule has 20 heavy (non-hydrogen) atoms. The van der Waals surface area contributed by atoms with E-state index in [1.807, 2.05) is 19.9 Å². The zero-order chi connectivity index (χ0) is 14.5. The lowest BCUT2D eigenvalue weighted by molar-refractivity contribution is -0.164. The molecular weight excluding hydrogens is 256 g/mol. The number of hydrogen-bond donors (Lipinski definition) is 1. The lowest BCUT2D eigenvalue weighted by atomic mass is 9.77. The topological polar surface area (TPSA) is 47.9 Å². The molecule has 0 unspecified atom stereocenters. The quantitative estimate of drug-likeness (QED) is 0.858. The first kappa shape index (κ1) is 13.7. The third-order valence-corrected chi connectivity index (χ3v) is 4.51. The van der Waals surface area contributed by atoms with Crippen LogP contribution in [0.4, 0.5) is 0 Å². The first-order valence-electron chi connectivity index (χ1n) is 7.12. The monoisotopic (exact) mass is 278 g/mol. The van der Waals surface area contributed by atoms with E-state index < -0.39 is 5.79 Å². The Morgan fingerprint density at radius 1 is 1.30 bits per heavy atom. The van der Waals surface area contributed by atoms with Crippen molar-refractivity contribution in [2.24, 2.45) is 0 Å². The molecule has 1 aromatic rings. The molecule has 0 aromatic heterocycles. The fourth-order valence-electron chi connectivity index (χ4n) is 3.61. The molecule has 110 valence electrons. The number of fused-ring (bicyclic) bond motifs is 1. The summed E-state index contributed by atoms with van der Waals surface area (Å²) in [5.41, 5.74) is 1.71. The zero-order valence-electron chi connectivity index (χ0n) is 12.5. The summed E-state index contributed by atoms with van der Waals surface area (Å²) in [7, 11) is 1.66.